The predicted molar refractivity (Wildman–Crippen MR) is 134 cm³/mol. The van der Waals surface area contributed by atoms with Crippen LogP contribution in [0.5, 0.6) is 11.5 Å². The van der Waals surface area contributed by atoms with E-state index >= 15 is 0 Å². The van der Waals surface area contributed by atoms with Gasteiger partial charge in [0.15, 0.2) is 16.6 Å². The molecule has 1 atom stereocenters. The lowest BCUT2D eigenvalue weighted by Crippen LogP contribution is -2.46. The second-order valence-corrected chi connectivity index (χ2v) is 9.03. The van der Waals surface area contributed by atoms with Crippen LogP contribution in [-0.2, 0) is 0 Å². The van der Waals surface area contributed by atoms with E-state index in [0.29, 0.717) is 17.5 Å². The number of hydrogen-bond acceptors (Lipinski definition) is 6. The number of nitrogens with zero attached hydrogens (tertiary/aromatic N) is 3. The minimum Gasteiger partial charge on any atom is -0.454 e. The van der Waals surface area contributed by atoms with Crippen molar-refractivity contribution < 1.29 is 14.0 Å². The summed E-state index contributed by atoms with van der Waals surface area (Å²) in [6, 6.07) is 13.9. The van der Waals surface area contributed by atoms with Crippen LogP contribution in [0.3, 0.4) is 0 Å². The molecule has 1 N–H and O–H groups in total. The van der Waals surface area contributed by atoms with Crippen LogP contribution in [0.2, 0.25) is 0 Å². The summed E-state index contributed by atoms with van der Waals surface area (Å²) >= 11 is 5.78. The maximum Gasteiger partial charge on any atom is 0.258 e. The average molecular weight is 477 g/mol. The third kappa shape index (κ3) is 4.25. The summed E-state index contributed by atoms with van der Waals surface area (Å²) in [5, 5.41) is 8.53. The topological polar surface area (TPSA) is 72.7 Å². The van der Waals surface area contributed by atoms with E-state index in [1.54, 1.807) is 0 Å². The Balaban J connectivity index is 1.54. The number of allylic oxidation sites excluding steroid dienone is 1. The molecular weight excluding hydrogens is 448 g/mol. The Bertz CT molecular complexity index is 1240. The van der Waals surface area contributed by atoms with Crippen LogP contribution < -0.4 is 14.8 Å². The molecule has 1 aromatic heterocycles. The fraction of sp³-hybridized carbons (Fsp3) is 0.346. The summed E-state index contributed by atoms with van der Waals surface area (Å²) in [5.41, 5.74) is 5.08. The molecule has 0 spiro atoms. The van der Waals surface area contributed by atoms with Gasteiger partial charge in [-0.2, -0.15) is 4.98 Å². The smallest absolute Gasteiger partial charge is 0.258 e. The minimum absolute atomic E-state index is 0.180. The number of ether oxygens (including phenoxy) is 2. The van der Waals surface area contributed by atoms with Crippen molar-refractivity contribution in [3.05, 3.63) is 65.2 Å². The first-order chi connectivity index (χ1) is 16.5. The molecule has 5 rings (SSSR count). The summed E-state index contributed by atoms with van der Waals surface area (Å²) in [6.07, 6.45) is 3.36. The fourth-order valence-corrected chi connectivity index (χ4v) is 4.69. The predicted octanol–water partition coefficient (Wildman–Crippen LogP) is 5.63. The van der Waals surface area contributed by atoms with Crippen LogP contribution in [0.1, 0.15) is 56.2 Å². The van der Waals surface area contributed by atoms with Gasteiger partial charge >= 0.3 is 0 Å². The number of hydrogen-bond donors (Lipinski definition) is 1. The number of rotatable bonds is 7. The van der Waals surface area contributed by atoms with Gasteiger partial charge in [0.25, 0.3) is 5.89 Å². The Labute approximate surface area is 204 Å². The maximum atomic E-state index is 5.83. The van der Waals surface area contributed by atoms with E-state index in [1.807, 2.05) is 18.2 Å². The third-order valence-electron chi connectivity index (χ3n) is 6.28. The highest BCUT2D eigenvalue weighted by Gasteiger charge is 2.34. The van der Waals surface area contributed by atoms with E-state index in [1.165, 1.54) is 5.56 Å². The molecule has 0 aliphatic carbocycles. The van der Waals surface area contributed by atoms with Crippen molar-refractivity contribution in [2.75, 3.05) is 13.3 Å². The van der Waals surface area contributed by atoms with Gasteiger partial charge in [0, 0.05) is 17.8 Å². The van der Waals surface area contributed by atoms with E-state index < -0.39 is 0 Å². The van der Waals surface area contributed by atoms with Gasteiger partial charge in [-0.05, 0) is 56.2 Å². The van der Waals surface area contributed by atoms with E-state index in [2.05, 4.69) is 60.4 Å². The number of fused-ring (bicyclic) bond motifs is 1. The van der Waals surface area contributed by atoms with Crippen LogP contribution in [0, 0.1) is 6.92 Å². The van der Waals surface area contributed by atoms with Gasteiger partial charge in [0.1, 0.15) is 0 Å². The average Bonchev–Trinajstić information content (AvgIpc) is 3.50. The molecule has 0 fully saturated rings. The zero-order valence-electron chi connectivity index (χ0n) is 19.6. The van der Waals surface area contributed by atoms with Crippen molar-refractivity contribution >= 4 is 22.9 Å². The number of thiocarbonyl (C=S) groups is 1. The summed E-state index contributed by atoms with van der Waals surface area (Å²) < 4.78 is 16.8. The largest absolute Gasteiger partial charge is 0.454 e. The highest BCUT2D eigenvalue weighted by atomic mass is 32.1. The van der Waals surface area contributed by atoms with E-state index in [9.17, 15) is 0 Å². The lowest BCUT2D eigenvalue weighted by molar-refractivity contribution is 0.174. The molecule has 0 radical (unpaired) electrons. The van der Waals surface area contributed by atoms with Gasteiger partial charge in [-0.3, -0.25) is 0 Å². The lowest BCUT2D eigenvalue weighted by Gasteiger charge is -2.37. The molecule has 2 aliphatic rings. The first-order valence-electron chi connectivity index (χ1n) is 11.6. The van der Waals surface area contributed by atoms with Crippen molar-refractivity contribution in [3.63, 3.8) is 0 Å². The van der Waals surface area contributed by atoms with Gasteiger partial charge in [-0.25, -0.2) is 0 Å². The summed E-state index contributed by atoms with van der Waals surface area (Å²) in [7, 11) is 0. The number of unbranched alkanes of at least 4 members (excludes halogenated alkanes) is 2. The molecule has 3 heterocycles. The van der Waals surface area contributed by atoms with Gasteiger partial charge in [0.2, 0.25) is 12.6 Å². The van der Waals surface area contributed by atoms with Gasteiger partial charge in [-0.1, -0.05) is 54.8 Å². The Morgan fingerprint density at radius 2 is 1.85 bits per heavy atom. The quantitative estimate of drug-likeness (QED) is 0.348. The first kappa shape index (κ1) is 22.4. The van der Waals surface area contributed by atoms with Crippen LogP contribution in [0.4, 0.5) is 0 Å². The summed E-state index contributed by atoms with van der Waals surface area (Å²) in [5.74, 6) is 2.38. The van der Waals surface area contributed by atoms with E-state index in [0.717, 1.165) is 59.1 Å². The van der Waals surface area contributed by atoms with Crippen molar-refractivity contribution in [2.45, 2.75) is 46.1 Å². The molecule has 0 bridgehead atoms. The lowest BCUT2D eigenvalue weighted by atomic mass is 9.94. The molecule has 1 unspecified atom stereocenters. The molecule has 34 heavy (non-hydrogen) atoms. The standard InChI is InChI=1S/C26H28N4O3S/c1-4-5-6-13-30-17(3)22(23(27-26(30)34)18-9-7-16(2)8-10-18)25-28-24(29-33-25)19-11-12-20-21(14-19)32-15-31-20/h7-12,14,23H,4-6,13,15H2,1-3H3,(H,27,34). The Hall–Kier alpha value is -3.39. The number of aromatic nitrogens is 2. The number of benzene rings is 2. The molecule has 176 valence electrons. The summed E-state index contributed by atoms with van der Waals surface area (Å²) in [6.45, 7) is 7.43. The Morgan fingerprint density at radius 3 is 2.65 bits per heavy atom. The zero-order chi connectivity index (χ0) is 23.7. The fourth-order valence-electron chi connectivity index (χ4n) is 4.34. The molecule has 3 aromatic rings. The van der Waals surface area contributed by atoms with Crippen molar-refractivity contribution in [3.8, 4) is 22.9 Å². The van der Waals surface area contributed by atoms with Gasteiger partial charge < -0.3 is 24.2 Å². The Morgan fingerprint density at radius 1 is 1.06 bits per heavy atom. The molecule has 7 nitrogen and oxygen atoms in total. The van der Waals surface area contributed by atoms with E-state index in [-0.39, 0.29) is 12.8 Å². The van der Waals surface area contributed by atoms with Crippen LogP contribution >= 0.6 is 12.2 Å². The zero-order valence-corrected chi connectivity index (χ0v) is 20.4. The minimum atomic E-state index is -0.180. The second kappa shape index (κ2) is 9.46. The van der Waals surface area contributed by atoms with Crippen molar-refractivity contribution in [1.82, 2.24) is 20.4 Å². The highest BCUT2D eigenvalue weighted by Crippen LogP contribution is 2.39. The molecule has 0 saturated carbocycles. The highest BCUT2D eigenvalue weighted by molar-refractivity contribution is 7.80. The SMILES string of the molecule is CCCCCN1C(=S)NC(c2ccc(C)cc2)C(c2nc(-c3ccc4c(c3)OCO4)no2)=C1C. The molecule has 2 aliphatic heterocycles. The number of nitrogens with one attached hydrogen (secondary N) is 1. The molecular formula is C26H28N4O3S. The van der Waals surface area contributed by atoms with E-state index in [4.69, 9.17) is 31.2 Å². The maximum absolute atomic E-state index is 5.83. The number of aryl methyl sites for hydroxylation is 1. The molecule has 0 amide bonds. The van der Waals surface area contributed by atoms with Crippen LogP contribution in [0.15, 0.2) is 52.7 Å². The molecule has 2 aromatic carbocycles. The molecule has 0 saturated heterocycles. The van der Waals surface area contributed by atoms with Gasteiger partial charge in [-0.15, -0.1) is 0 Å². The van der Waals surface area contributed by atoms with Gasteiger partial charge in [0.05, 0.1) is 11.6 Å². The first-order valence-corrected chi connectivity index (χ1v) is 12.1. The third-order valence-corrected chi connectivity index (χ3v) is 6.62. The Kier molecular flexibility index (Phi) is 6.24. The van der Waals surface area contributed by atoms with Crippen LogP contribution in [-0.4, -0.2) is 33.5 Å². The second-order valence-electron chi connectivity index (χ2n) is 8.64. The summed E-state index contributed by atoms with van der Waals surface area (Å²) in [4.78, 5) is 6.94. The van der Waals surface area contributed by atoms with Crippen LogP contribution in [0.25, 0.3) is 17.0 Å². The van der Waals surface area contributed by atoms with Crippen molar-refractivity contribution in [2.24, 2.45) is 0 Å². The normalized spacial score (nSPS) is 17.3. The van der Waals surface area contributed by atoms with Crippen molar-refractivity contribution in [1.29, 1.82) is 0 Å². The molecule has 8 heteroatoms. The monoisotopic (exact) mass is 476 g/mol.